The normalized spacial score (nSPS) is 17.3. The molecule has 0 radical (unpaired) electrons. The zero-order chi connectivity index (χ0) is 13.4. The Labute approximate surface area is 114 Å². The minimum atomic E-state index is 0.0919. The molecule has 0 saturated heterocycles. The van der Waals surface area contributed by atoms with Crippen molar-refractivity contribution >= 4 is 5.69 Å². The number of fused-ring (bicyclic) bond motifs is 1. The Balaban J connectivity index is 1.91. The number of ether oxygens (including phenoxy) is 1. The number of hydrogen-bond acceptors (Lipinski definition) is 2. The molecule has 0 bridgehead atoms. The lowest BCUT2D eigenvalue weighted by Gasteiger charge is -2.29. The molecule has 2 nitrogen and oxygen atoms in total. The second kappa shape index (κ2) is 4.61. The van der Waals surface area contributed by atoms with Gasteiger partial charge in [0.05, 0.1) is 12.2 Å². The fourth-order valence-electron chi connectivity index (χ4n) is 2.60. The standard InChI is InChI=1S/C17H19NO/c1-11-4-6-14(7-5-11)16-10-18-17-13(3)8-12(2)9-15(17)19-16/h4-9,16,18H,10H2,1-3H3. The van der Waals surface area contributed by atoms with Crippen LogP contribution in [0.5, 0.6) is 5.75 Å². The summed E-state index contributed by atoms with van der Waals surface area (Å²) in [5.41, 5.74) is 6.12. The minimum Gasteiger partial charge on any atom is -0.482 e. The summed E-state index contributed by atoms with van der Waals surface area (Å²) in [5, 5.41) is 3.50. The highest BCUT2D eigenvalue weighted by atomic mass is 16.5. The molecule has 0 spiro atoms. The van der Waals surface area contributed by atoms with Crippen LogP contribution in [-0.4, -0.2) is 6.54 Å². The number of nitrogens with one attached hydrogen (secondary N) is 1. The van der Waals surface area contributed by atoms with E-state index in [9.17, 15) is 0 Å². The Kier molecular flexibility index (Phi) is 2.94. The molecule has 1 atom stereocenters. The van der Waals surface area contributed by atoms with Crippen LogP contribution in [0.4, 0.5) is 5.69 Å². The highest BCUT2D eigenvalue weighted by Gasteiger charge is 2.22. The topological polar surface area (TPSA) is 21.3 Å². The van der Waals surface area contributed by atoms with Gasteiger partial charge in [0, 0.05) is 0 Å². The van der Waals surface area contributed by atoms with Crippen LogP contribution in [0.15, 0.2) is 36.4 Å². The van der Waals surface area contributed by atoms with Gasteiger partial charge in [-0.2, -0.15) is 0 Å². The Bertz CT molecular complexity index is 601. The van der Waals surface area contributed by atoms with Crippen molar-refractivity contribution in [1.29, 1.82) is 0 Å². The van der Waals surface area contributed by atoms with Crippen LogP contribution in [-0.2, 0) is 0 Å². The molecule has 0 aliphatic carbocycles. The third-order valence-corrected chi connectivity index (χ3v) is 3.63. The predicted molar refractivity (Wildman–Crippen MR) is 79.0 cm³/mol. The van der Waals surface area contributed by atoms with Crippen molar-refractivity contribution in [3.8, 4) is 5.75 Å². The van der Waals surface area contributed by atoms with E-state index in [1.807, 2.05) is 0 Å². The van der Waals surface area contributed by atoms with Crippen LogP contribution < -0.4 is 10.1 Å². The molecule has 0 amide bonds. The monoisotopic (exact) mass is 253 g/mol. The molecular formula is C17H19NO. The number of benzene rings is 2. The molecule has 1 heterocycles. The van der Waals surface area contributed by atoms with E-state index in [0.717, 1.165) is 18.0 Å². The van der Waals surface area contributed by atoms with Crippen LogP contribution in [0, 0.1) is 20.8 Å². The summed E-state index contributed by atoms with van der Waals surface area (Å²) >= 11 is 0. The summed E-state index contributed by atoms with van der Waals surface area (Å²) in [7, 11) is 0. The number of anilines is 1. The summed E-state index contributed by atoms with van der Waals surface area (Å²) in [6, 6.07) is 12.9. The first-order chi connectivity index (χ1) is 9.13. The molecule has 1 unspecified atom stereocenters. The third kappa shape index (κ3) is 2.30. The van der Waals surface area contributed by atoms with Gasteiger partial charge in [-0.05, 0) is 43.5 Å². The molecule has 19 heavy (non-hydrogen) atoms. The molecule has 2 aromatic carbocycles. The summed E-state index contributed by atoms with van der Waals surface area (Å²) in [6.45, 7) is 7.15. The van der Waals surface area contributed by atoms with Gasteiger partial charge < -0.3 is 10.1 Å². The van der Waals surface area contributed by atoms with E-state index in [-0.39, 0.29) is 6.10 Å². The molecule has 1 N–H and O–H groups in total. The van der Waals surface area contributed by atoms with E-state index >= 15 is 0 Å². The molecular weight excluding hydrogens is 234 g/mol. The number of hydrogen-bond donors (Lipinski definition) is 1. The minimum absolute atomic E-state index is 0.0919. The van der Waals surface area contributed by atoms with Crippen LogP contribution >= 0.6 is 0 Å². The third-order valence-electron chi connectivity index (χ3n) is 3.63. The van der Waals surface area contributed by atoms with E-state index in [2.05, 4.69) is 62.5 Å². The van der Waals surface area contributed by atoms with E-state index in [4.69, 9.17) is 4.74 Å². The Morgan fingerprint density at radius 3 is 2.47 bits per heavy atom. The van der Waals surface area contributed by atoms with E-state index in [0.29, 0.717) is 0 Å². The van der Waals surface area contributed by atoms with Crippen LogP contribution in [0.1, 0.15) is 28.4 Å². The quantitative estimate of drug-likeness (QED) is 0.824. The number of rotatable bonds is 1. The highest BCUT2D eigenvalue weighted by molar-refractivity contribution is 5.64. The van der Waals surface area contributed by atoms with Crippen LogP contribution in [0.25, 0.3) is 0 Å². The molecule has 2 aromatic rings. The molecule has 1 aliphatic rings. The summed E-state index contributed by atoms with van der Waals surface area (Å²) in [6.07, 6.45) is 0.0919. The lowest BCUT2D eigenvalue weighted by atomic mass is 10.0. The summed E-state index contributed by atoms with van der Waals surface area (Å²) < 4.78 is 6.16. The Hall–Kier alpha value is -1.96. The smallest absolute Gasteiger partial charge is 0.143 e. The van der Waals surface area contributed by atoms with Crippen molar-refractivity contribution in [3.05, 3.63) is 58.7 Å². The second-order valence-electron chi connectivity index (χ2n) is 5.35. The molecule has 1 aliphatic heterocycles. The molecule has 2 heteroatoms. The van der Waals surface area contributed by atoms with Gasteiger partial charge in [0.1, 0.15) is 11.9 Å². The maximum absolute atomic E-state index is 6.16. The van der Waals surface area contributed by atoms with E-state index < -0.39 is 0 Å². The van der Waals surface area contributed by atoms with E-state index in [1.54, 1.807) is 0 Å². The van der Waals surface area contributed by atoms with Crippen molar-refractivity contribution in [2.75, 3.05) is 11.9 Å². The second-order valence-corrected chi connectivity index (χ2v) is 5.35. The Morgan fingerprint density at radius 1 is 1.00 bits per heavy atom. The average Bonchev–Trinajstić information content (AvgIpc) is 2.38. The fraction of sp³-hybridized carbons (Fsp3) is 0.294. The molecule has 3 rings (SSSR count). The molecule has 0 fully saturated rings. The van der Waals surface area contributed by atoms with Gasteiger partial charge in [0.2, 0.25) is 0 Å². The van der Waals surface area contributed by atoms with Gasteiger partial charge in [-0.15, -0.1) is 0 Å². The van der Waals surface area contributed by atoms with Gasteiger partial charge >= 0.3 is 0 Å². The van der Waals surface area contributed by atoms with Crippen LogP contribution in [0.3, 0.4) is 0 Å². The number of aryl methyl sites for hydroxylation is 3. The van der Waals surface area contributed by atoms with Gasteiger partial charge in [0.15, 0.2) is 0 Å². The lowest BCUT2D eigenvalue weighted by molar-refractivity contribution is 0.210. The van der Waals surface area contributed by atoms with Crippen molar-refractivity contribution in [2.45, 2.75) is 26.9 Å². The first kappa shape index (κ1) is 12.1. The first-order valence-electron chi connectivity index (χ1n) is 6.72. The summed E-state index contributed by atoms with van der Waals surface area (Å²) in [4.78, 5) is 0. The van der Waals surface area contributed by atoms with Gasteiger partial charge in [0.25, 0.3) is 0 Å². The van der Waals surface area contributed by atoms with Crippen LogP contribution in [0.2, 0.25) is 0 Å². The SMILES string of the molecule is Cc1ccc(C2CNc3c(C)cc(C)cc3O2)cc1. The molecule has 98 valence electrons. The summed E-state index contributed by atoms with van der Waals surface area (Å²) in [5.74, 6) is 0.967. The predicted octanol–water partition coefficient (Wildman–Crippen LogP) is 4.16. The molecule has 0 saturated carbocycles. The first-order valence-corrected chi connectivity index (χ1v) is 6.72. The van der Waals surface area contributed by atoms with E-state index in [1.165, 1.54) is 22.3 Å². The van der Waals surface area contributed by atoms with Gasteiger partial charge in [-0.1, -0.05) is 35.9 Å². The average molecular weight is 253 g/mol. The zero-order valence-corrected chi connectivity index (χ0v) is 11.7. The van der Waals surface area contributed by atoms with Gasteiger partial charge in [-0.25, -0.2) is 0 Å². The molecule has 0 aromatic heterocycles. The zero-order valence-electron chi connectivity index (χ0n) is 11.7. The highest BCUT2D eigenvalue weighted by Crippen LogP contribution is 2.37. The van der Waals surface area contributed by atoms with Crippen molar-refractivity contribution in [1.82, 2.24) is 0 Å². The lowest BCUT2D eigenvalue weighted by Crippen LogP contribution is -2.24. The van der Waals surface area contributed by atoms with Crippen molar-refractivity contribution < 1.29 is 4.74 Å². The fourth-order valence-corrected chi connectivity index (χ4v) is 2.60. The van der Waals surface area contributed by atoms with Gasteiger partial charge in [-0.3, -0.25) is 0 Å². The Morgan fingerprint density at radius 2 is 1.74 bits per heavy atom. The van der Waals surface area contributed by atoms with Crippen molar-refractivity contribution in [2.24, 2.45) is 0 Å². The maximum Gasteiger partial charge on any atom is 0.143 e. The maximum atomic E-state index is 6.16. The van der Waals surface area contributed by atoms with Crippen molar-refractivity contribution in [3.63, 3.8) is 0 Å². The largest absolute Gasteiger partial charge is 0.482 e.